The van der Waals surface area contributed by atoms with E-state index in [0.717, 1.165) is 24.8 Å². The molecule has 1 aromatic rings. The lowest BCUT2D eigenvalue weighted by Gasteiger charge is -2.26. The van der Waals surface area contributed by atoms with E-state index < -0.39 is 10.0 Å². The van der Waals surface area contributed by atoms with E-state index in [1.165, 1.54) is 0 Å². The predicted octanol–water partition coefficient (Wildman–Crippen LogP) is 3.17. The number of hydrogen-bond donors (Lipinski definition) is 1. The Morgan fingerprint density at radius 3 is 2.45 bits per heavy atom. The molecule has 1 rings (SSSR count). The second-order valence-corrected chi connectivity index (χ2v) is 7.30. The zero-order chi connectivity index (χ0) is 15.3. The molecule has 2 N–H and O–H groups in total. The molecule has 0 saturated heterocycles. The summed E-state index contributed by atoms with van der Waals surface area (Å²) in [5.74, 6) is 0. The van der Waals surface area contributed by atoms with E-state index in [-0.39, 0.29) is 6.04 Å². The van der Waals surface area contributed by atoms with Gasteiger partial charge in [0.1, 0.15) is 0 Å². The number of hydrogen-bond acceptors (Lipinski definition) is 3. The van der Waals surface area contributed by atoms with Gasteiger partial charge in [-0.3, -0.25) is 0 Å². The molecular weight excluding hydrogens is 272 g/mol. The number of rotatable bonds is 7. The number of benzene rings is 1. The molecule has 0 bridgehead atoms. The molecule has 0 heterocycles. The largest absolute Gasteiger partial charge is 0.399 e. The summed E-state index contributed by atoms with van der Waals surface area (Å²) in [5.41, 5.74) is 6.95. The second kappa shape index (κ2) is 7.09. The third-order valence-electron chi connectivity index (χ3n) is 3.36. The molecule has 4 nitrogen and oxygen atoms in total. The number of sulfonamides is 1. The van der Waals surface area contributed by atoms with E-state index in [1.54, 1.807) is 29.4 Å². The molecule has 0 fully saturated rings. The van der Waals surface area contributed by atoms with Gasteiger partial charge < -0.3 is 5.73 Å². The highest BCUT2D eigenvalue weighted by Gasteiger charge is 2.27. The lowest BCUT2D eigenvalue weighted by Crippen LogP contribution is -2.38. The lowest BCUT2D eigenvalue weighted by molar-refractivity contribution is 0.345. The van der Waals surface area contributed by atoms with Crippen LogP contribution >= 0.6 is 0 Å². The molecule has 0 aromatic heterocycles. The summed E-state index contributed by atoms with van der Waals surface area (Å²) < 4.78 is 27.2. The second-order valence-electron chi connectivity index (χ2n) is 5.44. The molecule has 0 saturated carbocycles. The summed E-state index contributed by atoms with van der Waals surface area (Å²) in [7, 11) is -3.48. The predicted molar refractivity (Wildman–Crippen MR) is 84.1 cm³/mol. The molecule has 5 heteroatoms. The van der Waals surface area contributed by atoms with Gasteiger partial charge in [-0.1, -0.05) is 25.8 Å². The van der Waals surface area contributed by atoms with Crippen LogP contribution in [0.2, 0.25) is 0 Å². The number of nitrogens with two attached hydrogens (primary N) is 1. The Morgan fingerprint density at radius 2 is 1.90 bits per heavy atom. The zero-order valence-corrected chi connectivity index (χ0v) is 13.7. The molecule has 0 radical (unpaired) electrons. The van der Waals surface area contributed by atoms with Crippen LogP contribution in [0.15, 0.2) is 23.1 Å². The Bertz CT molecular complexity index is 539. The normalized spacial score (nSPS) is 12.3. The van der Waals surface area contributed by atoms with Crippen molar-refractivity contribution in [3.05, 3.63) is 23.8 Å². The Hall–Kier alpha value is -1.07. The van der Waals surface area contributed by atoms with Gasteiger partial charge in [-0.15, -0.1) is 0 Å². The molecule has 0 aliphatic rings. The van der Waals surface area contributed by atoms with Crippen LogP contribution in [0.25, 0.3) is 0 Å². The molecule has 1 aromatic carbocycles. The summed E-state index contributed by atoms with van der Waals surface area (Å²) in [5, 5.41) is 0. The third-order valence-corrected chi connectivity index (χ3v) is 5.57. The fourth-order valence-corrected chi connectivity index (χ4v) is 4.13. The van der Waals surface area contributed by atoms with Crippen LogP contribution in [0.1, 0.15) is 45.6 Å². The minimum absolute atomic E-state index is 0.0577. The molecule has 0 atom stereocenters. The van der Waals surface area contributed by atoms with Gasteiger partial charge in [0.25, 0.3) is 0 Å². The maximum atomic E-state index is 12.8. The van der Waals surface area contributed by atoms with Gasteiger partial charge in [0.05, 0.1) is 4.90 Å². The van der Waals surface area contributed by atoms with E-state index in [4.69, 9.17) is 5.73 Å². The maximum Gasteiger partial charge on any atom is 0.243 e. The summed E-state index contributed by atoms with van der Waals surface area (Å²) in [4.78, 5) is 0.322. The lowest BCUT2D eigenvalue weighted by atomic mass is 10.2. The zero-order valence-electron chi connectivity index (χ0n) is 12.9. The minimum Gasteiger partial charge on any atom is -0.399 e. The topological polar surface area (TPSA) is 63.4 Å². The van der Waals surface area contributed by atoms with Crippen molar-refractivity contribution in [3.8, 4) is 0 Å². The van der Waals surface area contributed by atoms with Gasteiger partial charge in [-0.2, -0.15) is 4.31 Å². The highest BCUT2D eigenvalue weighted by molar-refractivity contribution is 7.89. The average molecular weight is 298 g/mol. The molecule has 0 unspecified atom stereocenters. The Morgan fingerprint density at radius 1 is 1.25 bits per heavy atom. The quantitative estimate of drug-likeness (QED) is 0.621. The van der Waals surface area contributed by atoms with Crippen LogP contribution in [0, 0.1) is 6.92 Å². The first kappa shape index (κ1) is 17.0. The van der Waals surface area contributed by atoms with Crippen LogP contribution in [0.5, 0.6) is 0 Å². The first-order valence-corrected chi connectivity index (χ1v) is 8.62. The fourth-order valence-electron chi connectivity index (χ4n) is 2.19. The third kappa shape index (κ3) is 3.96. The smallest absolute Gasteiger partial charge is 0.243 e. The number of nitrogen functional groups attached to an aromatic ring is 1. The summed E-state index contributed by atoms with van der Waals surface area (Å²) >= 11 is 0. The van der Waals surface area contributed by atoms with E-state index in [0.29, 0.717) is 17.1 Å². The molecule has 114 valence electrons. The van der Waals surface area contributed by atoms with Crippen molar-refractivity contribution in [2.24, 2.45) is 0 Å². The minimum atomic E-state index is -3.48. The van der Waals surface area contributed by atoms with Crippen molar-refractivity contribution < 1.29 is 8.42 Å². The van der Waals surface area contributed by atoms with Crippen LogP contribution in [0.4, 0.5) is 5.69 Å². The van der Waals surface area contributed by atoms with Crippen LogP contribution in [0.3, 0.4) is 0 Å². The van der Waals surface area contributed by atoms with Gasteiger partial charge >= 0.3 is 0 Å². The highest BCUT2D eigenvalue weighted by atomic mass is 32.2. The van der Waals surface area contributed by atoms with Crippen molar-refractivity contribution >= 4 is 15.7 Å². The first-order valence-electron chi connectivity index (χ1n) is 7.18. The van der Waals surface area contributed by atoms with Gasteiger partial charge in [-0.25, -0.2) is 8.42 Å². The van der Waals surface area contributed by atoms with E-state index in [1.807, 2.05) is 13.8 Å². The molecule has 0 amide bonds. The van der Waals surface area contributed by atoms with E-state index in [9.17, 15) is 8.42 Å². The van der Waals surface area contributed by atoms with Crippen LogP contribution in [-0.4, -0.2) is 25.3 Å². The maximum absolute atomic E-state index is 12.8. The highest BCUT2D eigenvalue weighted by Crippen LogP contribution is 2.24. The molecule has 0 spiro atoms. The van der Waals surface area contributed by atoms with Crippen molar-refractivity contribution in [2.75, 3.05) is 12.3 Å². The van der Waals surface area contributed by atoms with Crippen LogP contribution in [-0.2, 0) is 10.0 Å². The average Bonchev–Trinajstić information content (AvgIpc) is 2.36. The van der Waals surface area contributed by atoms with E-state index in [2.05, 4.69) is 6.92 Å². The molecular formula is C15H26N2O2S. The van der Waals surface area contributed by atoms with Crippen molar-refractivity contribution in [1.82, 2.24) is 4.31 Å². The van der Waals surface area contributed by atoms with Gasteiger partial charge in [0.15, 0.2) is 0 Å². The van der Waals surface area contributed by atoms with E-state index >= 15 is 0 Å². The SMILES string of the molecule is CCCCCN(C(C)C)S(=O)(=O)c1cc(N)ccc1C. The Balaban J connectivity index is 3.12. The summed E-state index contributed by atoms with van der Waals surface area (Å²) in [6, 6.07) is 4.98. The summed E-state index contributed by atoms with van der Waals surface area (Å²) in [6.45, 7) is 8.28. The number of unbranched alkanes of at least 4 members (excludes halogenated alkanes) is 2. The Labute approximate surface area is 123 Å². The first-order chi connectivity index (χ1) is 9.30. The van der Waals surface area contributed by atoms with Gasteiger partial charge in [0.2, 0.25) is 10.0 Å². The van der Waals surface area contributed by atoms with Gasteiger partial charge in [-0.05, 0) is 44.9 Å². The number of anilines is 1. The monoisotopic (exact) mass is 298 g/mol. The molecule has 0 aliphatic heterocycles. The van der Waals surface area contributed by atoms with Gasteiger partial charge in [0, 0.05) is 18.3 Å². The molecule has 0 aliphatic carbocycles. The van der Waals surface area contributed by atoms with Crippen molar-refractivity contribution in [2.45, 2.75) is 57.9 Å². The fraction of sp³-hybridized carbons (Fsp3) is 0.600. The summed E-state index contributed by atoms with van der Waals surface area (Å²) in [6.07, 6.45) is 2.99. The molecule has 20 heavy (non-hydrogen) atoms. The number of aryl methyl sites for hydroxylation is 1. The van der Waals surface area contributed by atoms with Crippen molar-refractivity contribution in [1.29, 1.82) is 0 Å². The van der Waals surface area contributed by atoms with Crippen molar-refractivity contribution in [3.63, 3.8) is 0 Å². The number of nitrogens with zero attached hydrogens (tertiary/aromatic N) is 1. The van der Waals surface area contributed by atoms with Crippen LogP contribution < -0.4 is 5.73 Å². The standard InChI is InChI=1S/C15H26N2O2S/c1-5-6-7-10-17(12(2)3)20(18,19)15-11-14(16)9-8-13(15)4/h8-9,11-12H,5-7,10,16H2,1-4H3. The Kier molecular flexibility index (Phi) is 6.02.